The fourth-order valence-corrected chi connectivity index (χ4v) is 3.67. The predicted octanol–water partition coefficient (Wildman–Crippen LogP) is 3.89. The topological polar surface area (TPSA) is 84.9 Å². The maximum Gasteiger partial charge on any atom is 0.433 e. The second-order valence-corrected chi connectivity index (χ2v) is 7.42. The first-order valence-corrected chi connectivity index (χ1v) is 9.52. The lowest BCUT2D eigenvalue weighted by molar-refractivity contribution is -0.141. The second kappa shape index (κ2) is 7.41. The van der Waals surface area contributed by atoms with Gasteiger partial charge in [-0.25, -0.2) is 19.3 Å². The van der Waals surface area contributed by atoms with E-state index in [0.717, 1.165) is 12.3 Å². The molecule has 1 saturated heterocycles. The van der Waals surface area contributed by atoms with Crippen molar-refractivity contribution in [2.24, 2.45) is 11.8 Å². The van der Waals surface area contributed by atoms with Crippen LogP contribution in [-0.4, -0.2) is 39.2 Å². The highest BCUT2D eigenvalue weighted by molar-refractivity contribution is 5.63. The number of halogens is 4. The molecule has 3 aromatic rings. The molecule has 2 fully saturated rings. The first-order valence-electron chi connectivity index (χ1n) is 9.52. The van der Waals surface area contributed by atoms with Gasteiger partial charge in [0.2, 0.25) is 0 Å². The van der Waals surface area contributed by atoms with E-state index in [1.165, 1.54) is 24.4 Å². The van der Waals surface area contributed by atoms with E-state index in [0.29, 0.717) is 36.6 Å². The van der Waals surface area contributed by atoms with Crippen LogP contribution < -0.4 is 10.6 Å². The Morgan fingerprint density at radius 2 is 1.74 bits per heavy atom. The summed E-state index contributed by atoms with van der Waals surface area (Å²) in [4.78, 5) is 16.1. The Hall–Kier alpha value is -3.34. The van der Waals surface area contributed by atoms with E-state index in [2.05, 4.69) is 30.6 Å². The molecule has 0 spiro atoms. The molecule has 2 atom stereocenters. The Morgan fingerprint density at radius 1 is 0.968 bits per heavy atom. The summed E-state index contributed by atoms with van der Waals surface area (Å²) in [6, 6.07) is 6.55. The Morgan fingerprint density at radius 3 is 2.48 bits per heavy atom. The van der Waals surface area contributed by atoms with Crippen molar-refractivity contribution in [3.05, 3.63) is 54.2 Å². The Bertz CT molecular complexity index is 1110. The first-order chi connectivity index (χ1) is 14.9. The number of aromatic nitrogens is 4. The van der Waals surface area contributed by atoms with Gasteiger partial charge in [-0.3, -0.25) is 4.98 Å². The second-order valence-electron chi connectivity index (χ2n) is 7.42. The van der Waals surface area contributed by atoms with Crippen LogP contribution in [0, 0.1) is 17.7 Å². The number of nitrogens with one attached hydrogen (secondary N) is 2. The fourth-order valence-electron chi connectivity index (χ4n) is 3.67. The van der Waals surface area contributed by atoms with Crippen molar-refractivity contribution in [2.45, 2.75) is 12.2 Å². The minimum absolute atomic E-state index is 0.00465. The average molecular weight is 432 g/mol. The smallest absolute Gasteiger partial charge is 0.381 e. The lowest BCUT2D eigenvalue weighted by Crippen LogP contribution is -2.14. The molecule has 160 valence electrons. The van der Waals surface area contributed by atoms with Crippen LogP contribution in [0.3, 0.4) is 0 Å². The summed E-state index contributed by atoms with van der Waals surface area (Å²) in [7, 11) is 0. The molecule has 7 nitrogen and oxygen atoms in total. The summed E-state index contributed by atoms with van der Waals surface area (Å²) in [6.07, 6.45) is -2.13. The minimum Gasteiger partial charge on any atom is -0.381 e. The van der Waals surface area contributed by atoms with Crippen molar-refractivity contribution < 1.29 is 22.3 Å². The molecule has 1 aliphatic heterocycles. The van der Waals surface area contributed by atoms with Gasteiger partial charge in [-0.2, -0.15) is 13.2 Å². The molecule has 11 heteroatoms. The third-order valence-electron chi connectivity index (χ3n) is 5.24. The van der Waals surface area contributed by atoms with E-state index < -0.39 is 17.7 Å². The molecule has 2 aliphatic rings. The van der Waals surface area contributed by atoms with Gasteiger partial charge in [-0.15, -0.1) is 0 Å². The number of rotatable bonds is 5. The minimum atomic E-state index is -4.59. The van der Waals surface area contributed by atoms with Crippen LogP contribution in [0.5, 0.6) is 0 Å². The van der Waals surface area contributed by atoms with Crippen molar-refractivity contribution in [1.29, 1.82) is 0 Å². The van der Waals surface area contributed by atoms with Gasteiger partial charge in [0, 0.05) is 30.0 Å². The summed E-state index contributed by atoms with van der Waals surface area (Å²) in [5.41, 5.74) is -0.729. The summed E-state index contributed by atoms with van der Waals surface area (Å²) in [6.45, 7) is 1.32. The van der Waals surface area contributed by atoms with Gasteiger partial charge in [0.15, 0.2) is 5.82 Å². The van der Waals surface area contributed by atoms with E-state index >= 15 is 0 Å². The van der Waals surface area contributed by atoms with Crippen LogP contribution in [0.4, 0.5) is 34.9 Å². The molecule has 1 aliphatic carbocycles. The summed E-state index contributed by atoms with van der Waals surface area (Å²) in [5.74, 6) is 0.924. The van der Waals surface area contributed by atoms with Gasteiger partial charge in [0.05, 0.1) is 31.3 Å². The molecular formula is C20H16F4N6O. The highest BCUT2D eigenvalue weighted by Crippen LogP contribution is 2.46. The van der Waals surface area contributed by atoms with Crippen molar-refractivity contribution in [1.82, 2.24) is 19.9 Å². The number of ether oxygens (including phenoxy) is 1. The molecular weight excluding hydrogens is 416 g/mol. The average Bonchev–Trinajstić information content (AvgIpc) is 3.14. The van der Waals surface area contributed by atoms with Crippen molar-refractivity contribution in [3.8, 4) is 11.5 Å². The molecule has 1 saturated carbocycles. The molecule has 4 heterocycles. The van der Waals surface area contributed by atoms with E-state index in [1.807, 2.05) is 0 Å². The lowest BCUT2D eigenvalue weighted by atomic mass is 10.2. The summed E-state index contributed by atoms with van der Waals surface area (Å²) in [5, 5.41) is 6.22. The molecule has 0 aromatic carbocycles. The largest absolute Gasteiger partial charge is 0.433 e. The number of fused-ring (bicyclic) bond motifs is 1. The molecule has 3 aromatic heterocycles. The number of hydrogen-bond acceptors (Lipinski definition) is 7. The number of alkyl halides is 3. The molecule has 2 N–H and O–H groups in total. The van der Waals surface area contributed by atoms with E-state index in [-0.39, 0.29) is 23.4 Å². The molecule has 31 heavy (non-hydrogen) atoms. The number of nitrogens with zero attached hydrogens (tertiary/aromatic N) is 4. The maximum atomic E-state index is 13.5. The summed E-state index contributed by atoms with van der Waals surface area (Å²) < 4.78 is 58.2. The molecule has 0 amide bonds. The Balaban J connectivity index is 1.49. The van der Waals surface area contributed by atoms with E-state index in [4.69, 9.17) is 4.74 Å². The highest BCUT2D eigenvalue weighted by atomic mass is 19.4. The quantitative estimate of drug-likeness (QED) is 0.592. The molecule has 5 rings (SSSR count). The predicted molar refractivity (Wildman–Crippen MR) is 103 cm³/mol. The highest BCUT2D eigenvalue weighted by Gasteiger charge is 2.54. The SMILES string of the molecule is Fc1cncc(Nc2cc(NC3C4COCC43)nc(-c3cccc(C(F)(F)F)n3)n2)c1. The number of anilines is 3. The van der Waals surface area contributed by atoms with Crippen LogP contribution in [0.15, 0.2) is 42.7 Å². The fraction of sp³-hybridized carbons (Fsp3) is 0.300. The lowest BCUT2D eigenvalue weighted by Gasteiger charge is -2.13. The van der Waals surface area contributed by atoms with E-state index in [9.17, 15) is 17.6 Å². The van der Waals surface area contributed by atoms with Crippen molar-refractivity contribution in [3.63, 3.8) is 0 Å². The third kappa shape index (κ3) is 4.13. The van der Waals surface area contributed by atoms with Crippen LogP contribution in [0.2, 0.25) is 0 Å². The normalized spacial score (nSPS) is 22.1. The Labute approximate surface area is 173 Å². The zero-order valence-corrected chi connectivity index (χ0v) is 15.9. The molecule has 0 radical (unpaired) electrons. The van der Waals surface area contributed by atoms with Crippen LogP contribution in [-0.2, 0) is 10.9 Å². The van der Waals surface area contributed by atoms with Gasteiger partial charge in [-0.1, -0.05) is 6.07 Å². The van der Waals surface area contributed by atoms with Crippen LogP contribution in [0.25, 0.3) is 11.5 Å². The van der Waals surface area contributed by atoms with Gasteiger partial charge < -0.3 is 15.4 Å². The van der Waals surface area contributed by atoms with Gasteiger partial charge >= 0.3 is 6.18 Å². The van der Waals surface area contributed by atoms with Crippen LogP contribution in [0.1, 0.15) is 5.69 Å². The van der Waals surface area contributed by atoms with Gasteiger partial charge in [0.1, 0.15) is 28.8 Å². The maximum absolute atomic E-state index is 13.5. The van der Waals surface area contributed by atoms with Gasteiger partial charge in [0.25, 0.3) is 0 Å². The molecule has 0 bridgehead atoms. The monoisotopic (exact) mass is 432 g/mol. The van der Waals surface area contributed by atoms with Crippen molar-refractivity contribution >= 4 is 17.3 Å². The van der Waals surface area contributed by atoms with Gasteiger partial charge in [-0.05, 0) is 12.1 Å². The Kier molecular flexibility index (Phi) is 4.69. The number of pyridine rings is 2. The zero-order chi connectivity index (χ0) is 21.6. The molecule has 2 unspecified atom stereocenters. The van der Waals surface area contributed by atoms with E-state index in [1.54, 1.807) is 6.07 Å². The summed E-state index contributed by atoms with van der Waals surface area (Å²) >= 11 is 0. The number of hydrogen-bond donors (Lipinski definition) is 2. The van der Waals surface area contributed by atoms with Crippen molar-refractivity contribution in [2.75, 3.05) is 23.8 Å². The zero-order valence-electron chi connectivity index (χ0n) is 15.9. The third-order valence-corrected chi connectivity index (χ3v) is 5.24. The first kappa shape index (κ1) is 19.6. The van der Waals surface area contributed by atoms with Crippen LogP contribution >= 0.6 is 0 Å². The standard InChI is InChI=1S/C20H16F4N6O/c21-10-4-11(7-25-6-10)26-16-5-17(28-18-12-8-31-9-13(12)18)30-19(29-16)14-2-1-3-15(27-14)20(22,23)24/h1-7,12-13,18H,8-9H2,(H2,26,28,29,30).